The molecule has 1 rings (SSSR count). The second-order valence-corrected chi connectivity index (χ2v) is 6.59. The highest BCUT2D eigenvalue weighted by molar-refractivity contribution is 8.13. The van der Waals surface area contributed by atoms with Crippen LogP contribution in [0.3, 0.4) is 0 Å². The van der Waals surface area contributed by atoms with Crippen molar-refractivity contribution in [3.63, 3.8) is 0 Å². The Hall–Kier alpha value is -0.530. The summed E-state index contributed by atoms with van der Waals surface area (Å²) in [7, 11) is 3.37. The predicted molar refractivity (Wildman–Crippen MR) is 74.8 cm³/mol. The number of carbonyl (C=O) groups is 1. The third-order valence-electron chi connectivity index (χ3n) is 1.88. The number of hydrogen-bond acceptors (Lipinski definition) is 6. The van der Waals surface area contributed by atoms with Gasteiger partial charge in [-0.25, -0.2) is 0 Å². The van der Waals surface area contributed by atoms with Crippen LogP contribution in [0.5, 0.6) is 5.19 Å². The minimum atomic E-state index is -0.111. The lowest BCUT2D eigenvalue weighted by Crippen LogP contribution is -2.22. The molecule has 5 nitrogen and oxygen atoms in total. The molecule has 8 heteroatoms. The highest BCUT2D eigenvalue weighted by atomic mass is 35.5. The monoisotopic (exact) mass is 309 g/mol. The molecule has 0 spiro atoms. The fourth-order valence-electron chi connectivity index (χ4n) is 0.762. The van der Waals surface area contributed by atoms with Crippen LogP contribution in [0.25, 0.3) is 0 Å². The fourth-order valence-corrected chi connectivity index (χ4v) is 2.06. The van der Waals surface area contributed by atoms with Crippen LogP contribution in [0.4, 0.5) is 4.79 Å². The maximum absolute atomic E-state index is 11.4. The zero-order chi connectivity index (χ0) is 13.8. The number of alkyl halides is 1. The van der Waals surface area contributed by atoms with Crippen LogP contribution in [-0.4, -0.2) is 46.1 Å². The van der Waals surface area contributed by atoms with E-state index in [-0.39, 0.29) is 10.7 Å². The molecular weight excluding hydrogens is 294 g/mol. The van der Waals surface area contributed by atoms with E-state index in [0.29, 0.717) is 22.8 Å². The van der Waals surface area contributed by atoms with Crippen molar-refractivity contribution in [2.45, 2.75) is 19.0 Å². The Kier molecular flexibility index (Phi) is 5.68. The first-order valence-corrected chi connectivity index (χ1v) is 7.38. The average molecular weight is 310 g/mol. The van der Waals surface area contributed by atoms with Crippen LogP contribution in [0.15, 0.2) is 5.16 Å². The van der Waals surface area contributed by atoms with Crippen molar-refractivity contribution >= 4 is 40.1 Å². The first kappa shape index (κ1) is 15.5. The van der Waals surface area contributed by atoms with Gasteiger partial charge in [-0.3, -0.25) is 4.79 Å². The highest BCUT2D eigenvalue weighted by Crippen LogP contribution is 2.25. The summed E-state index contributed by atoms with van der Waals surface area (Å²) in [5.41, 5.74) is -0.111. The van der Waals surface area contributed by atoms with E-state index in [9.17, 15) is 4.79 Å². The van der Waals surface area contributed by atoms with Gasteiger partial charge in [0.2, 0.25) is 5.16 Å². The molecule has 0 aliphatic carbocycles. The Bertz CT molecular complexity index is 410. The molecule has 1 heterocycles. The number of rotatable bonds is 5. The highest BCUT2D eigenvalue weighted by Gasteiger charge is 2.19. The van der Waals surface area contributed by atoms with E-state index in [1.165, 1.54) is 4.90 Å². The second-order valence-electron chi connectivity index (χ2n) is 4.69. The van der Waals surface area contributed by atoms with Gasteiger partial charge in [0.1, 0.15) is 0 Å². The lowest BCUT2D eigenvalue weighted by atomic mass is 9.98. The number of aromatic nitrogens is 2. The van der Waals surface area contributed by atoms with Gasteiger partial charge in [-0.15, -0.1) is 11.6 Å². The smallest absolute Gasteiger partial charge is 0.294 e. The minimum Gasteiger partial charge on any atom is -0.468 e. The summed E-state index contributed by atoms with van der Waals surface area (Å²) < 4.78 is 9.56. The van der Waals surface area contributed by atoms with Crippen molar-refractivity contribution in [3.8, 4) is 5.19 Å². The van der Waals surface area contributed by atoms with E-state index in [0.717, 1.165) is 23.3 Å². The van der Waals surface area contributed by atoms with Gasteiger partial charge in [-0.2, -0.15) is 9.36 Å². The second kappa shape index (κ2) is 6.58. The molecule has 1 aromatic heterocycles. The fraction of sp³-hybridized carbons (Fsp3) is 0.700. The zero-order valence-corrected chi connectivity index (χ0v) is 13.2. The number of thioether (sulfide) groups is 1. The Morgan fingerprint density at radius 2 is 2.22 bits per heavy atom. The number of halogens is 1. The Morgan fingerprint density at radius 1 is 1.56 bits per heavy atom. The molecule has 0 aromatic carbocycles. The molecule has 0 saturated carbocycles. The van der Waals surface area contributed by atoms with Crippen LogP contribution in [0, 0.1) is 5.41 Å². The standard InChI is InChI=1S/C10H16ClN3O2S2/c1-10(2,5-11)6-16-8-12-7(13-18-8)17-9(15)14(3)4/h5-6H2,1-4H3. The molecule has 18 heavy (non-hydrogen) atoms. The topological polar surface area (TPSA) is 55.3 Å². The van der Waals surface area contributed by atoms with Crippen molar-refractivity contribution < 1.29 is 9.53 Å². The summed E-state index contributed by atoms with van der Waals surface area (Å²) in [6.07, 6.45) is 0. The van der Waals surface area contributed by atoms with Gasteiger partial charge in [0.25, 0.3) is 10.4 Å². The molecule has 0 atom stereocenters. The molecule has 0 bridgehead atoms. The van der Waals surface area contributed by atoms with Gasteiger partial charge in [0.15, 0.2) is 0 Å². The molecule has 0 N–H and O–H groups in total. The molecule has 0 unspecified atom stereocenters. The maximum Gasteiger partial charge on any atom is 0.294 e. The zero-order valence-electron chi connectivity index (χ0n) is 10.8. The first-order valence-electron chi connectivity index (χ1n) is 5.26. The van der Waals surface area contributed by atoms with E-state index in [2.05, 4.69) is 9.36 Å². The van der Waals surface area contributed by atoms with Crippen LogP contribution in [-0.2, 0) is 0 Å². The van der Waals surface area contributed by atoms with Gasteiger partial charge >= 0.3 is 0 Å². The number of carbonyl (C=O) groups excluding carboxylic acids is 1. The predicted octanol–water partition coefficient (Wildman–Crippen LogP) is 2.96. The summed E-state index contributed by atoms with van der Waals surface area (Å²) >= 11 is 7.92. The lowest BCUT2D eigenvalue weighted by molar-refractivity contribution is 0.199. The normalized spacial score (nSPS) is 11.4. The lowest BCUT2D eigenvalue weighted by Gasteiger charge is -2.19. The van der Waals surface area contributed by atoms with Crippen molar-refractivity contribution in [1.82, 2.24) is 14.3 Å². The summed E-state index contributed by atoms with van der Waals surface area (Å²) in [4.78, 5) is 17.0. The maximum atomic E-state index is 11.4. The molecule has 102 valence electrons. The van der Waals surface area contributed by atoms with Gasteiger partial charge < -0.3 is 9.64 Å². The molecule has 0 saturated heterocycles. The van der Waals surface area contributed by atoms with Gasteiger partial charge in [-0.05, 0) is 0 Å². The summed E-state index contributed by atoms with van der Waals surface area (Å²) in [6, 6.07) is 0. The van der Waals surface area contributed by atoms with Gasteiger partial charge in [0.05, 0.1) is 6.61 Å². The van der Waals surface area contributed by atoms with Crippen LogP contribution in [0.1, 0.15) is 13.8 Å². The van der Waals surface area contributed by atoms with Crippen molar-refractivity contribution in [3.05, 3.63) is 0 Å². The third-order valence-corrected chi connectivity index (χ3v) is 4.25. The number of hydrogen-bond donors (Lipinski definition) is 0. The van der Waals surface area contributed by atoms with E-state index < -0.39 is 0 Å². The Morgan fingerprint density at radius 3 is 2.78 bits per heavy atom. The van der Waals surface area contributed by atoms with Crippen molar-refractivity contribution in [1.29, 1.82) is 0 Å². The molecular formula is C10H16ClN3O2S2. The molecule has 0 aliphatic rings. The van der Waals surface area contributed by atoms with Crippen LogP contribution < -0.4 is 4.74 Å². The van der Waals surface area contributed by atoms with E-state index in [1.807, 2.05) is 13.8 Å². The quantitative estimate of drug-likeness (QED) is 0.618. The van der Waals surface area contributed by atoms with Crippen LogP contribution >= 0.6 is 34.9 Å². The third kappa shape index (κ3) is 4.99. The molecule has 0 radical (unpaired) electrons. The SMILES string of the molecule is CN(C)C(=O)Sc1nsc(OCC(C)(C)CCl)n1. The first-order chi connectivity index (χ1) is 8.34. The molecule has 1 aromatic rings. The van der Waals surface area contributed by atoms with E-state index in [1.54, 1.807) is 14.1 Å². The summed E-state index contributed by atoms with van der Waals surface area (Å²) in [5, 5.41) is 0.764. The largest absolute Gasteiger partial charge is 0.468 e. The Labute approximate surface area is 120 Å². The minimum absolute atomic E-state index is 0.111. The van der Waals surface area contributed by atoms with Crippen LogP contribution in [0.2, 0.25) is 0 Å². The van der Waals surface area contributed by atoms with E-state index in [4.69, 9.17) is 16.3 Å². The number of amides is 1. The summed E-state index contributed by atoms with van der Waals surface area (Å²) in [6.45, 7) is 4.48. The average Bonchev–Trinajstić information content (AvgIpc) is 2.74. The van der Waals surface area contributed by atoms with E-state index >= 15 is 0 Å². The van der Waals surface area contributed by atoms with Crippen molar-refractivity contribution in [2.75, 3.05) is 26.6 Å². The van der Waals surface area contributed by atoms with Gasteiger partial charge in [0, 0.05) is 48.7 Å². The van der Waals surface area contributed by atoms with Crippen molar-refractivity contribution in [2.24, 2.45) is 5.41 Å². The molecule has 1 amide bonds. The summed E-state index contributed by atoms with van der Waals surface area (Å²) in [5.74, 6) is 0.506. The Balaban J connectivity index is 2.51. The van der Waals surface area contributed by atoms with Gasteiger partial charge in [-0.1, -0.05) is 13.8 Å². The molecule has 0 aliphatic heterocycles. The molecule has 0 fully saturated rings. The number of nitrogens with zero attached hydrogens (tertiary/aromatic N) is 3. The number of ether oxygens (including phenoxy) is 1.